The number of nitrogens with zero attached hydrogens (tertiary/aromatic N) is 3. The number of hydrazone groups is 2. The molecule has 0 aliphatic carbocycles. The van der Waals surface area contributed by atoms with Crippen molar-refractivity contribution in [2.75, 3.05) is 11.6 Å². The zero-order chi connectivity index (χ0) is 25.0. The van der Waals surface area contributed by atoms with Gasteiger partial charge in [0.1, 0.15) is 5.92 Å². The largest absolute Gasteiger partial charge is 0.351 e. The maximum atomic E-state index is 13.1. The molecule has 0 fully saturated rings. The molecule has 180 valence electrons. The highest BCUT2D eigenvalue weighted by Gasteiger charge is 2.36. The molecule has 0 bridgehead atoms. The summed E-state index contributed by atoms with van der Waals surface area (Å²) in [6, 6.07) is 11.0. The SMILES string of the molecule is CCCNC(=O)c1ccc(C(=O)N/N=C(\C)C2C(=O)N(c3ccc(C(C)(C)C)cc3)N=C2C)s1. The van der Waals surface area contributed by atoms with Gasteiger partial charge in [0, 0.05) is 6.54 Å². The second-order valence-corrected chi connectivity index (χ2v) is 10.3. The van der Waals surface area contributed by atoms with Gasteiger partial charge in [-0.05, 0) is 55.5 Å². The molecule has 1 aliphatic heterocycles. The van der Waals surface area contributed by atoms with Gasteiger partial charge in [-0.25, -0.2) is 5.43 Å². The summed E-state index contributed by atoms with van der Waals surface area (Å²) in [5.74, 6) is -1.51. The normalized spacial score (nSPS) is 16.5. The first-order valence-corrected chi connectivity index (χ1v) is 12.1. The van der Waals surface area contributed by atoms with E-state index in [0.717, 1.165) is 17.8 Å². The first-order chi connectivity index (χ1) is 16.0. The van der Waals surface area contributed by atoms with Gasteiger partial charge in [0.2, 0.25) is 0 Å². The molecule has 1 aromatic carbocycles. The van der Waals surface area contributed by atoms with Crippen LogP contribution in [0.5, 0.6) is 0 Å². The van der Waals surface area contributed by atoms with Gasteiger partial charge in [0.05, 0.1) is 26.9 Å². The lowest BCUT2D eigenvalue weighted by Crippen LogP contribution is -2.33. The number of nitrogens with one attached hydrogen (secondary N) is 2. The van der Waals surface area contributed by atoms with Crippen LogP contribution in [0.1, 0.15) is 72.9 Å². The van der Waals surface area contributed by atoms with Crippen LogP contribution in [-0.4, -0.2) is 35.7 Å². The van der Waals surface area contributed by atoms with Crippen LogP contribution in [0.2, 0.25) is 0 Å². The molecule has 8 nitrogen and oxygen atoms in total. The lowest BCUT2D eigenvalue weighted by molar-refractivity contribution is -0.118. The summed E-state index contributed by atoms with van der Waals surface area (Å²) >= 11 is 1.09. The molecule has 2 aromatic rings. The molecule has 3 amide bonds. The monoisotopic (exact) mass is 481 g/mol. The Morgan fingerprint density at radius 3 is 2.29 bits per heavy atom. The number of carbonyl (C=O) groups excluding carboxylic acids is 3. The summed E-state index contributed by atoms with van der Waals surface area (Å²) < 4.78 is 0. The molecule has 0 saturated heterocycles. The Bertz CT molecular complexity index is 1140. The minimum absolute atomic E-state index is 0.0133. The van der Waals surface area contributed by atoms with Crippen LogP contribution in [0.25, 0.3) is 0 Å². The molecule has 1 aliphatic rings. The van der Waals surface area contributed by atoms with Crippen molar-refractivity contribution in [3.8, 4) is 0 Å². The molecule has 0 saturated carbocycles. The van der Waals surface area contributed by atoms with E-state index in [2.05, 4.69) is 41.7 Å². The van der Waals surface area contributed by atoms with Gasteiger partial charge >= 0.3 is 0 Å². The predicted octanol–water partition coefficient (Wildman–Crippen LogP) is 4.33. The van der Waals surface area contributed by atoms with E-state index in [1.54, 1.807) is 26.0 Å². The van der Waals surface area contributed by atoms with E-state index in [1.165, 1.54) is 10.6 Å². The summed E-state index contributed by atoms with van der Waals surface area (Å²) in [6.07, 6.45) is 0.834. The van der Waals surface area contributed by atoms with Gasteiger partial charge in [0.25, 0.3) is 17.7 Å². The standard InChI is InChI=1S/C25H31N5O3S/c1-7-14-26-22(31)19-12-13-20(34-19)23(32)28-27-15(2)21-16(3)29-30(24(21)33)18-10-8-17(9-11-18)25(4,5)6/h8-13,21H,7,14H2,1-6H3,(H,26,31)(H,28,32)/b27-15+. The van der Waals surface area contributed by atoms with Gasteiger partial charge in [-0.1, -0.05) is 39.8 Å². The fourth-order valence-corrected chi connectivity index (χ4v) is 4.31. The van der Waals surface area contributed by atoms with Gasteiger partial charge in [-0.15, -0.1) is 11.3 Å². The summed E-state index contributed by atoms with van der Waals surface area (Å²) in [7, 11) is 0. The van der Waals surface area contributed by atoms with Crippen molar-refractivity contribution in [1.82, 2.24) is 10.7 Å². The third-order valence-corrected chi connectivity index (χ3v) is 6.53. The van der Waals surface area contributed by atoms with Crippen LogP contribution in [0.15, 0.2) is 46.6 Å². The number of carbonyl (C=O) groups is 3. The minimum Gasteiger partial charge on any atom is -0.351 e. The maximum Gasteiger partial charge on any atom is 0.281 e. The molecule has 34 heavy (non-hydrogen) atoms. The Morgan fingerprint density at radius 1 is 1.09 bits per heavy atom. The number of thiophene rings is 1. The summed E-state index contributed by atoms with van der Waals surface area (Å²) in [5.41, 5.74) is 5.40. The highest BCUT2D eigenvalue weighted by atomic mass is 32.1. The highest BCUT2D eigenvalue weighted by molar-refractivity contribution is 7.15. The van der Waals surface area contributed by atoms with E-state index in [0.29, 0.717) is 33.4 Å². The van der Waals surface area contributed by atoms with E-state index in [4.69, 9.17) is 0 Å². The molecule has 1 atom stereocenters. The number of amides is 3. The van der Waals surface area contributed by atoms with Crippen LogP contribution in [0.3, 0.4) is 0 Å². The smallest absolute Gasteiger partial charge is 0.281 e. The van der Waals surface area contributed by atoms with Crippen molar-refractivity contribution in [3.05, 3.63) is 51.7 Å². The molecule has 1 aromatic heterocycles. The molecule has 0 spiro atoms. The Kier molecular flexibility index (Phi) is 7.66. The van der Waals surface area contributed by atoms with Crippen molar-refractivity contribution in [2.45, 2.75) is 53.4 Å². The predicted molar refractivity (Wildman–Crippen MR) is 137 cm³/mol. The van der Waals surface area contributed by atoms with Crippen LogP contribution < -0.4 is 15.8 Å². The zero-order valence-corrected chi connectivity index (χ0v) is 21.2. The van der Waals surface area contributed by atoms with Crippen molar-refractivity contribution < 1.29 is 14.4 Å². The number of hydrogen-bond donors (Lipinski definition) is 2. The lowest BCUT2D eigenvalue weighted by Gasteiger charge is -2.20. The Balaban J connectivity index is 1.67. The molecule has 3 rings (SSSR count). The van der Waals surface area contributed by atoms with E-state index >= 15 is 0 Å². The highest BCUT2D eigenvalue weighted by Crippen LogP contribution is 2.28. The van der Waals surface area contributed by atoms with Gasteiger partial charge < -0.3 is 5.32 Å². The van der Waals surface area contributed by atoms with Crippen LogP contribution in [0.4, 0.5) is 5.69 Å². The lowest BCUT2D eigenvalue weighted by atomic mass is 9.87. The third kappa shape index (κ3) is 5.59. The second kappa shape index (κ2) is 10.3. The molecular weight excluding hydrogens is 450 g/mol. The summed E-state index contributed by atoms with van der Waals surface area (Å²) in [5, 5.41) is 12.8. The fraction of sp³-hybridized carbons (Fsp3) is 0.400. The van der Waals surface area contributed by atoms with Crippen LogP contribution in [-0.2, 0) is 10.2 Å². The van der Waals surface area contributed by atoms with Crippen molar-refractivity contribution in [3.63, 3.8) is 0 Å². The van der Waals surface area contributed by atoms with E-state index in [9.17, 15) is 14.4 Å². The molecular formula is C25H31N5O3S. The number of anilines is 1. The van der Waals surface area contributed by atoms with Crippen molar-refractivity contribution in [1.29, 1.82) is 0 Å². The first-order valence-electron chi connectivity index (χ1n) is 11.2. The van der Waals surface area contributed by atoms with Crippen molar-refractivity contribution in [2.24, 2.45) is 16.1 Å². The van der Waals surface area contributed by atoms with Crippen molar-refractivity contribution >= 4 is 46.2 Å². The third-order valence-electron chi connectivity index (χ3n) is 5.45. The fourth-order valence-electron chi connectivity index (χ4n) is 3.50. The van der Waals surface area contributed by atoms with Gasteiger partial charge in [-0.3, -0.25) is 14.4 Å². The minimum atomic E-state index is -0.652. The molecule has 9 heteroatoms. The maximum absolute atomic E-state index is 13.1. The number of benzene rings is 1. The topological polar surface area (TPSA) is 103 Å². The first kappa shape index (κ1) is 25.3. The summed E-state index contributed by atoms with van der Waals surface area (Å²) in [6.45, 7) is 12.4. The summed E-state index contributed by atoms with van der Waals surface area (Å²) in [4.78, 5) is 38.5. The Hall–Kier alpha value is -3.33. The molecule has 2 heterocycles. The van der Waals surface area contributed by atoms with E-state index < -0.39 is 11.8 Å². The van der Waals surface area contributed by atoms with E-state index in [-0.39, 0.29) is 17.2 Å². The second-order valence-electron chi connectivity index (χ2n) is 9.24. The molecule has 0 radical (unpaired) electrons. The Labute approximate surface area is 204 Å². The average Bonchev–Trinajstić information content (AvgIpc) is 3.40. The van der Waals surface area contributed by atoms with Crippen LogP contribution in [0, 0.1) is 5.92 Å². The van der Waals surface area contributed by atoms with E-state index in [1.807, 2.05) is 31.2 Å². The molecule has 2 N–H and O–H groups in total. The molecule has 1 unspecified atom stereocenters. The number of rotatable bonds is 7. The Morgan fingerprint density at radius 2 is 1.71 bits per heavy atom. The van der Waals surface area contributed by atoms with Gasteiger partial charge in [0.15, 0.2) is 0 Å². The average molecular weight is 482 g/mol. The number of hydrogen-bond acceptors (Lipinski definition) is 6. The quantitative estimate of drug-likeness (QED) is 0.454. The zero-order valence-electron chi connectivity index (χ0n) is 20.4. The van der Waals surface area contributed by atoms with Crippen LogP contribution >= 0.6 is 11.3 Å². The van der Waals surface area contributed by atoms with Gasteiger partial charge in [-0.2, -0.15) is 15.2 Å².